The van der Waals surface area contributed by atoms with Gasteiger partial charge in [0.05, 0.1) is 11.6 Å². The highest BCUT2D eigenvalue weighted by atomic mass is 35.5. The Hall–Kier alpha value is -1.13. The standard InChI is InChI=1S/C22H27Cl2NO2.ClH/c1-2-26-21-13-16(14-25-18-9-4-3-5-10-18)12-20(24)22(21)27-15-17-8-6-7-11-19(17)23;/h6-8,11-13,18,25H,2-5,9-10,14-15H2,1H3;1H. The third kappa shape index (κ3) is 6.45. The van der Waals surface area contributed by atoms with Crippen molar-refractivity contribution in [1.29, 1.82) is 0 Å². The van der Waals surface area contributed by atoms with E-state index in [1.165, 1.54) is 32.1 Å². The average molecular weight is 445 g/mol. The van der Waals surface area contributed by atoms with Gasteiger partial charge in [-0.25, -0.2) is 0 Å². The van der Waals surface area contributed by atoms with E-state index in [0.717, 1.165) is 17.7 Å². The molecule has 6 heteroatoms. The fraction of sp³-hybridized carbons (Fsp3) is 0.455. The summed E-state index contributed by atoms with van der Waals surface area (Å²) in [4.78, 5) is 0. The van der Waals surface area contributed by atoms with Crippen LogP contribution in [-0.4, -0.2) is 12.6 Å². The molecule has 1 aliphatic carbocycles. The highest BCUT2D eigenvalue weighted by Crippen LogP contribution is 2.37. The molecule has 0 aliphatic heterocycles. The van der Waals surface area contributed by atoms with Gasteiger partial charge in [-0.1, -0.05) is 60.7 Å². The Morgan fingerprint density at radius 2 is 1.75 bits per heavy atom. The van der Waals surface area contributed by atoms with Crippen LogP contribution in [0.5, 0.6) is 11.5 Å². The van der Waals surface area contributed by atoms with E-state index >= 15 is 0 Å². The van der Waals surface area contributed by atoms with Gasteiger partial charge in [-0.2, -0.15) is 0 Å². The summed E-state index contributed by atoms with van der Waals surface area (Å²) in [7, 11) is 0. The van der Waals surface area contributed by atoms with E-state index in [1.54, 1.807) is 0 Å². The molecule has 0 amide bonds. The Morgan fingerprint density at radius 3 is 2.46 bits per heavy atom. The molecule has 0 radical (unpaired) electrons. The molecule has 1 N–H and O–H groups in total. The molecule has 0 saturated heterocycles. The van der Waals surface area contributed by atoms with E-state index in [1.807, 2.05) is 43.3 Å². The highest BCUT2D eigenvalue weighted by Gasteiger charge is 2.16. The second kappa shape index (κ2) is 11.8. The molecule has 0 unspecified atom stereocenters. The van der Waals surface area contributed by atoms with Gasteiger partial charge in [-0.15, -0.1) is 12.4 Å². The molecular formula is C22H28Cl3NO2. The van der Waals surface area contributed by atoms with Crippen molar-refractivity contribution in [2.45, 2.75) is 58.2 Å². The van der Waals surface area contributed by atoms with E-state index < -0.39 is 0 Å². The van der Waals surface area contributed by atoms with Crippen molar-refractivity contribution < 1.29 is 9.47 Å². The van der Waals surface area contributed by atoms with Crippen molar-refractivity contribution in [1.82, 2.24) is 5.32 Å². The van der Waals surface area contributed by atoms with Crippen LogP contribution >= 0.6 is 35.6 Å². The summed E-state index contributed by atoms with van der Waals surface area (Å²) in [6.45, 7) is 3.64. The topological polar surface area (TPSA) is 30.5 Å². The minimum atomic E-state index is 0. The molecule has 2 aromatic rings. The number of nitrogens with one attached hydrogen (secondary N) is 1. The summed E-state index contributed by atoms with van der Waals surface area (Å²) in [5.74, 6) is 1.25. The zero-order chi connectivity index (χ0) is 19.1. The molecule has 1 saturated carbocycles. The summed E-state index contributed by atoms with van der Waals surface area (Å²) in [5.41, 5.74) is 2.03. The van der Waals surface area contributed by atoms with Crippen LogP contribution in [0.2, 0.25) is 10.0 Å². The fourth-order valence-electron chi connectivity index (χ4n) is 3.46. The average Bonchev–Trinajstić information content (AvgIpc) is 2.68. The van der Waals surface area contributed by atoms with Crippen molar-refractivity contribution in [3.05, 3.63) is 57.6 Å². The molecule has 0 atom stereocenters. The molecule has 3 rings (SSSR count). The van der Waals surface area contributed by atoms with Gasteiger partial charge < -0.3 is 14.8 Å². The number of ether oxygens (including phenoxy) is 2. The van der Waals surface area contributed by atoms with Gasteiger partial charge >= 0.3 is 0 Å². The Bertz CT molecular complexity index is 749. The summed E-state index contributed by atoms with van der Waals surface area (Å²) >= 11 is 12.8. The summed E-state index contributed by atoms with van der Waals surface area (Å²) < 4.78 is 11.8. The highest BCUT2D eigenvalue weighted by molar-refractivity contribution is 6.32. The zero-order valence-corrected chi connectivity index (χ0v) is 18.5. The normalized spacial score (nSPS) is 14.4. The van der Waals surface area contributed by atoms with E-state index in [-0.39, 0.29) is 12.4 Å². The number of hydrogen-bond acceptors (Lipinski definition) is 3. The predicted octanol–water partition coefficient (Wildman–Crippen LogP) is 6.82. The first kappa shape index (κ1) is 23.2. The minimum Gasteiger partial charge on any atom is -0.490 e. The maximum atomic E-state index is 6.53. The van der Waals surface area contributed by atoms with Crippen LogP contribution in [0.4, 0.5) is 0 Å². The van der Waals surface area contributed by atoms with Gasteiger partial charge in [0.15, 0.2) is 11.5 Å². The third-order valence-corrected chi connectivity index (χ3v) is 5.55. The largest absolute Gasteiger partial charge is 0.490 e. The molecular weight excluding hydrogens is 417 g/mol. The summed E-state index contributed by atoms with van der Waals surface area (Å²) in [5, 5.41) is 4.89. The Kier molecular flexibility index (Phi) is 9.73. The molecule has 0 aromatic heterocycles. The van der Waals surface area contributed by atoms with Gasteiger partial charge in [0.25, 0.3) is 0 Å². The number of hydrogen-bond donors (Lipinski definition) is 1. The first-order chi connectivity index (χ1) is 13.2. The monoisotopic (exact) mass is 443 g/mol. The van der Waals surface area contributed by atoms with Crippen LogP contribution in [0.3, 0.4) is 0 Å². The molecule has 2 aromatic carbocycles. The van der Waals surface area contributed by atoms with Gasteiger partial charge in [0.1, 0.15) is 6.61 Å². The fourth-order valence-corrected chi connectivity index (χ4v) is 3.94. The van der Waals surface area contributed by atoms with Gasteiger partial charge in [0.2, 0.25) is 0 Å². The third-order valence-electron chi connectivity index (χ3n) is 4.90. The lowest BCUT2D eigenvalue weighted by molar-refractivity contribution is 0.269. The second-order valence-corrected chi connectivity index (χ2v) is 7.75. The van der Waals surface area contributed by atoms with Crippen molar-refractivity contribution in [2.75, 3.05) is 6.61 Å². The lowest BCUT2D eigenvalue weighted by Gasteiger charge is -2.23. The first-order valence-corrected chi connectivity index (χ1v) is 10.5. The van der Waals surface area contributed by atoms with Gasteiger partial charge in [-0.3, -0.25) is 0 Å². The molecule has 1 fully saturated rings. The first-order valence-electron chi connectivity index (χ1n) is 9.72. The van der Waals surface area contributed by atoms with Crippen LogP contribution in [-0.2, 0) is 13.2 Å². The predicted molar refractivity (Wildman–Crippen MR) is 119 cm³/mol. The number of rotatable bonds is 8. The Morgan fingerprint density at radius 1 is 1.00 bits per heavy atom. The van der Waals surface area contributed by atoms with Crippen molar-refractivity contribution in [2.24, 2.45) is 0 Å². The molecule has 28 heavy (non-hydrogen) atoms. The maximum absolute atomic E-state index is 6.53. The minimum absolute atomic E-state index is 0. The molecule has 154 valence electrons. The van der Waals surface area contributed by atoms with E-state index in [2.05, 4.69) is 5.32 Å². The smallest absolute Gasteiger partial charge is 0.180 e. The number of halogens is 3. The van der Waals surface area contributed by atoms with Crippen LogP contribution in [0.15, 0.2) is 36.4 Å². The molecule has 0 bridgehead atoms. The lowest BCUT2D eigenvalue weighted by Crippen LogP contribution is -2.30. The molecule has 0 spiro atoms. The van der Waals surface area contributed by atoms with Crippen molar-refractivity contribution in [3.63, 3.8) is 0 Å². The van der Waals surface area contributed by atoms with Crippen molar-refractivity contribution >= 4 is 35.6 Å². The lowest BCUT2D eigenvalue weighted by atomic mass is 9.95. The van der Waals surface area contributed by atoms with Gasteiger partial charge in [0, 0.05) is 23.2 Å². The zero-order valence-electron chi connectivity index (χ0n) is 16.2. The number of benzene rings is 2. The molecule has 1 aliphatic rings. The van der Waals surface area contributed by atoms with Crippen LogP contribution in [0.25, 0.3) is 0 Å². The SMILES string of the molecule is CCOc1cc(CNC2CCCCC2)cc(Cl)c1OCc1ccccc1Cl.Cl. The Labute approximate surface area is 184 Å². The summed E-state index contributed by atoms with van der Waals surface area (Å²) in [6.07, 6.45) is 6.50. The van der Waals surface area contributed by atoms with Crippen LogP contribution < -0.4 is 14.8 Å². The molecule has 0 heterocycles. The van der Waals surface area contributed by atoms with E-state index in [4.69, 9.17) is 32.7 Å². The molecule has 3 nitrogen and oxygen atoms in total. The Balaban J connectivity index is 0.00000280. The van der Waals surface area contributed by atoms with Crippen molar-refractivity contribution in [3.8, 4) is 11.5 Å². The summed E-state index contributed by atoms with van der Waals surface area (Å²) in [6, 6.07) is 12.2. The van der Waals surface area contributed by atoms with Crippen LogP contribution in [0, 0.1) is 0 Å². The van der Waals surface area contributed by atoms with E-state index in [0.29, 0.717) is 40.8 Å². The van der Waals surface area contributed by atoms with Crippen LogP contribution in [0.1, 0.15) is 50.2 Å². The maximum Gasteiger partial charge on any atom is 0.180 e. The quantitative estimate of drug-likeness (QED) is 0.485. The van der Waals surface area contributed by atoms with E-state index in [9.17, 15) is 0 Å². The second-order valence-electron chi connectivity index (χ2n) is 6.93. The van der Waals surface area contributed by atoms with Gasteiger partial charge in [-0.05, 0) is 43.5 Å².